The maximum absolute atomic E-state index is 9.29. The predicted octanol–water partition coefficient (Wildman–Crippen LogP) is 2.57. The summed E-state index contributed by atoms with van der Waals surface area (Å²) in [6, 6.07) is 2.77. The van der Waals surface area contributed by atoms with Crippen LogP contribution in [-0.4, -0.2) is 16.2 Å². The van der Waals surface area contributed by atoms with Crippen LogP contribution in [0.2, 0.25) is 0 Å². The van der Waals surface area contributed by atoms with Gasteiger partial charge in [0.25, 0.3) is 0 Å². The third-order valence-electron chi connectivity index (χ3n) is 4.13. The lowest BCUT2D eigenvalue weighted by atomic mass is 10.1. The van der Waals surface area contributed by atoms with Crippen molar-refractivity contribution < 1.29 is 0 Å². The first-order valence-corrected chi connectivity index (χ1v) is 6.71. The Balaban J connectivity index is 1.87. The first-order chi connectivity index (χ1) is 8.70. The van der Waals surface area contributed by atoms with Crippen molar-refractivity contribution in [3.63, 3.8) is 0 Å². The van der Waals surface area contributed by atoms with Crippen molar-refractivity contribution in [1.82, 2.24) is 10.2 Å². The van der Waals surface area contributed by atoms with Crippen LogP contribution < -0.4 is 5.32 Å². The van der Waals surface area contributed by atoms with Crippen LogP contribution in [0.15, 0.2) is 0 Å². The summed E-state index contributed by atoms with van der Waals surface area (Å²) in [5.41, 5.74) is 2.45. The van der Waals surface area contributed by atoms with Gasteiger partial charge in [0, 0.05) is 6.04 Å². The molecule has 4 heteroatoms. The van der Waals surface area contributed by atoms with Crippen molar-refractivity contribution >= 4 is 5.82 Å². The third kappa shape index (κ3) is 2.05. The second-order valence-corrected chi connectivity index (χ2v) is 5.59. The van der Waals surface area contributed by atoms with Gasteiger partial charge in [-0.05, 0) is 56.9 Å². The quantitative estimate of drug-likeness (QED) is 0.881. The molecule has 2 saturated carbocycles. The maximum Gasteiger partial charge on any atom is 0.167 e. The van der Waals surface area contributed by atoms with E-state index in [2.05, 4.69) is 21.6 Å². The summed E-state index contributed by atoms with van der Waals surface area (Å²) in [7, 11) is 0. The molecule has 0 atom stereocenters. The summed E-state index contributed by atoms with van der Waals surface area (Å²) >= 11 is 0. The van der Waals surface area contributed by atoms with Gasteiger partial charge in [0.1, 0.15) is 11.6 Å². The Kier molecular flexibility index (Phi) is 2.70. The molecular formula is C14H18N4. The average Bonchev–Trinajstić information content (AvgIpc) is 3.23. The van der Waals surface area contributed by atoms with Gasteiger partial charge >= 0.3 is 0 Å². The smallest absolute Gasteiger partial charge is 0.167 e. The number of nitrogens with one attached hydrogen (secondary N) is 1. The van der Waals surface area contributed by atoms with E-state index in [4.69, 9.17) is 0 Å². The molecule has 0 bridgehead atoms. The van der Waals surface area contributed by atoms with Gasteiger partial charge in [-0.3, -0.25) is 0 Å². The van der Waals surface area contributed by atoms with E-state index in [9.17, 15) is 5.26 Å². The SMILES string of the molecule is Cc1nnc(NC(C2CC2)C2CC2)c(C#N)c1C. The fourth-order valence-electron chi connectivity index (χ4n) is 2.54. The topological polar surface area (TPSA) is 61.6 Å². The first kappa shape index (κ1) is 11.5. The highest BCUT2D eigenvalue weighted by molar-refractivity contribution is 5.56. The number of hydrogen-bond acceptors (Lipinski definition) is 4. The summed E-state index contributed by atoms with van der Waals surface area (Å²) < 4.78 is 0. The molecule has 2 aliphatic rings. The van der Waals surface area contributed by atoms with Gasteiger partial charge in [-0.25, -0.2) is 0 Å². The Morgan fingerprint density at radius 1 is 1.17 bits per heavy atom. The van der Waals surface area contributed by atoms with Gasteiger partial charge in [-0.1, -0.05) is 0 Å². The van der Waals surface area contributed by atoms with Gasteiger partial charge in [-0.15, -0.1) is 5.10 Å². The molecule has 1 N–H and O–H groups in total. The van der Waals surface area contributed by atoms with Crippen LogP contribution in [0.25, 0.3) is 0 Å². The third-order valence-corrected chi connectivity index (χ3v) is 4.13. The molecule has 3 rings (SSSR count). The molecule has 0 radical (unpaired) electrons. The van der Waals surface area contributed by atoms with Gasteiger partial charge in [0.2, 0.25) is 0 Å². The van der Waals surface area contributed by atoms with Crippen molar-refractivity contribution in [1.29, 1.82) is 5.26 Å². The minimum absolute atomic E-state index is 0.508. The highest BCUT2D eigenvalue weighted by atomic mass is 15.2. The van der Waals surface area contributed by atoms with Crippen molar-refractivity contribution in [2.75, 3.05) is 5.32 Å². The van der Waals surface area contributed by atoms with Crippen molar-refractivity contribution in [3.05, 3.63) is 16.8 Å². The number of nitriles is 1. The molecule has 2 fully saturated rings. The molecule has 0 spiro atoms. The van der Waals surface area contributed by atoms with E-state index in [0.717, 1.165) is 23.1 Å². The Morgan fingerprint density at radius 3 is 2.28 bits per heavy atom. The molecule has 0 aliphatic heterocycles. The van der Waals surface area contributed by atoms with Gasteiger partial charge in [0.15, 0.2) is 5.82 Å². The lowest BCUT2D eigenvalue weighted by molar-refractivity contribution is 0.564. The average molecular weight is 242 g/mol. The summed E-state index contributed by atoms with van der Waals surface area (Å²) in [5.74, 6) is 2.25. The largest absolute Gasteiger partial charge is 0.364 e. The van der Waals surface area contributed by atoms with E-state index in [1.807, 2.05) is 13.8 Å². The number of anilines is 1. The fourth-order valence-corrected chi connectivity index (χ4v) is 2.54. The van der Waals surface area contributed by atoms with Crippen LogP contribution in [0.5, 0.6) is 0 Å². The molecule has 1 aromatic rings. The molecule has 1 heterocycles. The maximum atomic E-state index is 9.29. The van der Waals surface area contributed by atoms with Gasteiger partial charge in [-0.2, -0.15) is 10.4 Å². The number of nitrogens with zero attached hydrogens (tertiary/aromatic N) is 3. The van der Waals surface area contributed by atoms with E-state index < -0.39 is 0 Å². The minimum atomic E-state index is 0.508. The molecular weight excluding hydrogens is 224 g/mol. The van der Waals surface area contributed by atoms with Gasteiger partial charge < -0.3 is 5.32 Å². The van der Waals surface area contributed by atoms with Crippen LogP contribution >= 0.6 is 0 Å². The lowest BCUT2D eigenvalue weighted by Crippen LogP contribution is -2.26. The van der Waals surface area contributed by atoms with Crippen molar-refractivity contribution in [3.8, 4) is 6.07 Å². The molecule has 0 saturated heterocycles. The van der Waals surface area contributed by atoms with E-state index in [1.165, 1.54) is 25.7 Å². The zero-order valence-electron chi connectivity index (χ0n) is 10.9. The summed E-state index contributed by atoms with van der Waals surface area (Å²) in [6.45, 7) is 3.84. The predicted molar refractivity (Wildman–Crippen MR) is 69.1 cm³/mol. The highest BCUT2D eigenvalue weighted by Crippen LogP contribution is 2.45. The molecule has 4 nitrogen and oxygen atoms in total. The number of aryl methyl sites for hydroxylation is 1. The van der Waals surface area contributed by atoms with Crippen LogP contribution in [-0.2, 0) is 0 Å². The molecule has 0 unspecified atom stereocenters. The number of rotatable bonds is 4. The summed E-state index contributed by atoms with van der Waals surface area (Å²) in [4.78, 5) is 0. The Labute approximate surface area is 107 Å². The molecule has 18 heavy (non-hydrogen) atoms. The summed E-state index contributed by atoms with van der Waals surface area (Å²) in [6.07, 6.45) is 5.26. The van der Waals surface area contributed by atoms with E-state index >= 15 is 0 Å². The molecule has 1 aromatic heterocycles. The second kappa shape index (κ2) is 4.24. The molecule has 0 amide bonds. The Morgan fingerprint density at radius 2 is 1.78 bits per heavy atom. The van der Waals surface area contributed by atoms with E-state index in [1.54, 1.807) is 0 Å². The van der Waals surface area contributed by atoms with E-state index in [0.29, 0.717) is 17.4 Å². The number of aromatic nitrogens is 2. The Bertz CT molecular complexity index is 497. The molecule has 2 aliphatic carbocycles. The zero-order chi connectivity index (χ0) is 12.7. The molecule has 94 valence electrons. The van der Waals surface area contributed by atoms with Crippen LogP contribution in [0.4, 0.5) is 5.82 Å². The minimum Gasteiger partial charge on any atom is -0.364 e. The van der Waals surface area contributed by atoms with E-state index in [-0.39, 0.29) is 0 Å². The second-order valence-electron chi connectivity index (χ2n) is 5.59. The van der Waals surface area contributed by atoms with Crippen molar-refractivity contribution in [2.45, 2.75) is 45.6 Å². The normalized spacial score (nSPS) is 18.8. The number of hydrogen-bond donors (Lipinski definition) is 1. The summed E-state index contributed by atoms with van der Waals surface area (Å²) in [5, 5.41) is 21.1. The van der Waals surface area contributed by atoms with Crippen molar-refractivity contribution in [2.24, 2.45) is 11.8 Å². The van der Waals surface area contributed by atoms with Gasteiger partial charge in [0.05, 0.1) is 5.69 Å². The lowest BCUT2D eigenvalue weighted by Gasteiger charge is -2.19. The first-order valence-electron chi connectivity index (χ1n) is 6.71. The fraction of sp³-hybridized carbons (Fsp3) is 0.643. The molecule has 0 aromatic carbocycles. The monoisotopic (exact) mass is 242 g/mol. The van der Waals surface area contributed by atoms with Crippen LogP contribution in [0.3, 0.4) is 0 Å². The van der Waals surface area contributed by atoms with Crippen LogP contribution in [0, 0.1) is 37.0 Å². The zero-order valence-corrected chi connectivity index (χ0v) is 10.9. The Hall–Kier alpha value is -1.63. The van der Waals surface area contributed by atoms with Crippen LogP contribution in [0.1, 0.15) is 42.5 Å². The highest BCUT2D eigenvalue weighted by Gasteiger charge is 2.42. The standard InChI is InChI=1S/C14H18N4/c1-8-9(2)17-18-14(12(8)7-15)16-13(10-3-4-10)11-5-6-11/h10-11,13H,3-6H2,1-2H3,(H,16,18).